The Morgan fingerprint density at radius 1 is 1.33 bits per heavy atom. The van der Waals surface area contributed by atoms with Gasteiger partial charge in [0.25, 0.3) is 0 Å². The van der Waals surface area contributed by atoms with Crippen molar-refractivity contribution in [2.45, 2.75) is 17.9 Å². The van der Waals surface area contributed by atoms with Crippen LogP contribution in [0.25, 0.3) is 0 Å². The molecule has 0 aliphatic heterocycles. The topological polar surface area (TPSA) is 49.4 Å². The van der Waals surface area contributed by atoms with Crippen molar-refractivity contribution in [1.82, 2.24) is 9.62 Å². The molecule has 0 saturated carbocycles. The first kappa shape index (κ1) is 15.7. The first-order valence-electron chi connectivity index (χ1n) is 5.35. The second kappa shape index (κ2) is 6.21. The van der Waals surface area contributed by atoms with Gasteiger partial charge >= 0.3 is 0 Å². The maximum atomic E-state index is 12.1. The van der Waals surface area contributed by atoms with E-state index in [1.807, 2.05) is 25.9 Å². The quantitative estimate of drug-likeness (QED) is 0.907. The molecular formula is C11H16Cl2N2O2S. The molecular weight excluding hydrogens is 295 g/mol. The van der Waals surface area contributed by atoms with Gasteiger partial charge in [0.05, 0.1) is 5.02 Å². The van der Waals surface area contributed by atoms with Crippen LogP contribution in [0.1, 0.15) is 6.92 Å². The summed E-state index contributed by atoms with van der Waals surface area (Å²) >= 11 is 11.6. The number of sulfonamides is 1. The van der Waals surface area contributed by atoms with Crippen molar-refractivity contribution in [3.63, 3.8) is 0 Å². The minimum Gasteiger partial charge on any atom is -0.305 e. The number of benzene rings is 1. The van der Waals surface area contributed by atoms with E-state index in [1.54, 1.807) is 6.07 Å². The van der Waals surface area contributed by atoms with E-state index in [-0.39, 0.29) is 16.0 Å². The Labute approximate surface area is 118 Å². The van der Waals surface area contributed by atoms with Crippen LogP contribution >= 0.6 is 23.2 Å². The summed E-state index contributed by atoms with van der Waals surface area (Å²) in [6.45, 7) is 2.22. The summed E-state index contributed by atoms with van der Waals surface area (Å²) in [5.41, 5.74) is 0. The van der Waals surface area contributed by atoms with Crippen LogP contribution in [0, 0.1) is 0 Å². The zero-order chi connectivity index (χ0) is 13.9. The minimum atomic E-state index is -3.64. The van der Waals surface area contributed by atoms with Gasteiger partial charge in [0.2, 0.25) is 10.0 Å². The lowest BCUT2D eigenvalue weighted by Gasteiger charge is -2.20. The van der Waals surface area contributed by atoms with Crippen molar-refractivity contribution in [2.75, 3.05) is 20.6 Å². The number of likely N-dealkylation sites (N-methyl/N-ethyl adjacent to an activating group) is 1. The molecule has 18 heavy (non-hydrogen) atoms. The van der Waals surface area contributed by atoms with E-state index in [2.05, 4.69) is 4.72 Å². The van der Waals surface area contributed by atoms with Crippen LogP contribution < -0.4 is 4.72 Å². The van der Waals surface area contributed by atoms with Gasteiger partial charge in [-0.2, -0.15) is 0 Å². The molecule has 0 aliphatic rings. The first-order chi connectivity index (χ1) is 8.24. The van der Waals surface area contributed by atoms with E-state index in [1.165, 1.54) is 12.1 Å². The normalized spacial score (nSPS) is 13.9. The van der Waals surface area contributed by atoms with Gasteiger partial charge in [-0.3, -0.25) is 0 Å². The van der Waals surface area contributed by atoms with Crippen LogP contribution in [0.15, 0.2) is 23.1 Å². The molecule has 0 heterocycles. The first-order valence-corrected chi connectivity index (χ1v) is 7.59. The third-order valence-corrected chi connectivity index (χ3v) is 4.77. The molecule has 1 N–H and O–H groups in total. The summed E-state index contributed by atoms with van der Waals surface area (Å²) in [5.74, 6) is 0. The monoisotopic (exact) mass is 310 g/mol. The van der Waals surface area contributed by atoms with E-state index < -0.39 is 10.0 Å². The van der Waals surface area contributed by atoms with Crippen LogP contribution in [-0.4, -0.2) is 40.0 Å². The zero-order valence-corrected chi connectivity index (χ0v) is 12.8. The Kier molecular flexibility index (Phi) is 5.43. The standard InChI is InChI=1S/C11H16Cl2N2O2S/c1-8(15(2)3)7-14-18(16,17)11-6-9(12)4-5-10(11)13/h4-6,8,14H,7H2,1-3H3/t8-/m0/s1. The van der Waals surface area contributed by atoms with Crippen molar-refractivity contribution in [2.24, 2.45) is 0 Å². The number of nitrogens with zero attached hydrogens (tertiary/aromatic N) is 1. The van der Waals surface area contributed by atoms with E-state index in [9.17, 15) is 8.42 Å². The van der Waals surface area contributed by atoms with Crippen LogP contribution in [0.2, 0.25) is 10.0 Å². The molecule has 1 atom stereocenters. The lowest BCUT2D eigenvalue weighted by atomic mass is 10.3. The van der Waals surface area contributed by atoms with Gasteiger partial charge in [-0.05, 0) is 39.2 Å². The van der Waals surface area contributed by atoms with E-state index in [0.29, 0.717) is 11.6 Å². The van der Waals surface area contributed by atoms with Crippen LogP contribution in [0.3, 0.4) is 0 Å². The second-order valence-electron chi connectivity index (χ2n) is 4.24. The highest BCUT2D eigenvalue weighted by Crippen LogP contribution is 2.24. The molecule has 0 bridgehead atoms. The number of hydrogen-bond acceptors (Lipinski definition) is 3. The van der Waals surface area contributed by atoms with Crippen molar-refractivity contribution >= 4 is 33.2 Å². The smallest absolute Gasteiger partial charge is 0.242 e. The Hall–Kier alpha value is -0.330. The highest BCUT2D eigenvalue weighted by atomic mass is 35.5. The summed E-state index contributed by atoms with van der Waals surface area (Å²) in [6, 6.07) is 4.43. The predicted octanol–water partition coefficient (Wildman–Crippen LogP) is 2.22. The zero-order valence-electron chi connectivity index (χ0n) is 10.4. The van der Waals surface area contributed by atoms with Crippen LogP contribution in [0.5, 0.6) is 0 Å². The van der Waals surface area contributed by atoms with E-state index in [4.69, 9.17) is 23.2 Å². The third kappa shape index (κ3) is 4.10. The average Bonchev–Trinajstić information content (AvgIpc) is 2.29. The number of halogens is 2. The largest absolute Gasteiger partial charge is 0.305 e. The highest BCUT2D eigenvalue weighted by molar-refractivity contribution is 7.89. The van der Waals surface area contributed by atoms with Gasteiger partial charge in [-0.15, -0.1) is 0 Å². The molecule has 0 spiro atoms. The third-order valence-electron chi connectivity index (χ3n) is 2.63. The summed E-state index contributed by atoms with van der Waals surface area (Å²) in [4.78, 5) is 1.92. The lowest BCUT2D eigenvalue weighted by Crippen LogP contribution is -2.38. The highest BCUT2D eigenvalue weighted by Gasteiger charge is 2.19. The van der Waals surface area contributed by atoms with Crippen molar-refractivity contribution in [3.05, 3.63) is 28.2 Å². The van der Waals surface area contributed by atoms with Gasteiger partial charge in [-0.1, -0.05) is 23.2 Å². The summed E-state index contributed by atoms with van der Waals surface area (Å²) in [7, 11) is 0.125. The summed E-state index contributed by atoms with van der Waals surface area (Å²) < 4.78 is 26.6. The average molecular weight is 311 g/mol. The van der Waals surface area contributed by atoms with Crippen molar-refractivity contribution < 1.29 is 8.42 Å². The summed E-state index contributed by atoms with van der Waals surface area (Å²) in [6.07, 6.45) is 0. The summed E-state index contributed by atoms with van der Waals surface area (Å²) in [5, 5.41) is 0.491. The predicted molar refractivity (Wildman–Crippen MR) is 74.8 cm³/mol. The molecule has 7 heteroatoms. The van der Waals surface area contributed by atoms with Gasteiger partial charge in [0.15, 0.2) is 0 Å². The molecule has 1 rings (SSSR count). The molecule has 0 saturated heterocycles. The lowest BCUT2D eigenvalue weighted by molar-refractivity contribution is 0.314. The molecule has 1 aromatic carbocycles. The maximum Gasteiger partial charge on any atom is 0.242 e. The molecule has 4 nitrogen and oxygen atoms in total. The Morgan fingerprint density at radius 2 is 1.94 bits per heavy atom. The number of nitrogens with one attached hydrogen (secondary N) is 1. The van der Waals surface area contributed by atoms with Gasteiger partial charge in [-0.25, -0.2) is 13.1 Å². The van der Waals surface area contributed by atoms with E-state index >= 15 is 0 Å². The molecule has 0 fully saturated rings. The molecule has 0 aromatic heterocycles. The Balaban J connectivity index is 2.90. The fraction of sp³-hybridized carbons (Fsp3) is 0.455. The number of hydrogen-bond donors (Lipinski definition) is 1. The van der Waals surface area contributed by atoms with Crippen LogP contribution in [0.4, 0.5) is 0 Å². The minimum absolute atomic E-state index is 0.00243. The Morgan fingerprint density at radius 3 is 2.50 bits per heavy atom. The number of rotatable bonds is 5. The maximum absolute atomic E-state index is 12.1. The molecule has 102 valence electrons. The van der Waals surface area contributed by atoms with Gasteiger partial charge in [0.1, 0.15) is 4.90 Å². The fourth-order valence-corrected chi connectivity index (χ4v) is 3.06. The van der Waals surface area contributed by atoms with E-state index in [0.717, 1.165) is 0 Å². The fourth-order valence-electron chi connectivity index (χ4n) is 1.17. The molecule has 0 amide bonds. The molecule has 0 aliphatic carbocycles. The molecule has 0 unspecified atom stereocenters. The molecule has 0 radical (unpaired) electrons. The van der Waals surface area contributed by atoms with Gasteiger partial charge in [0, 0.05) is 17.6 Å². The van der Waals surface area contributed by atoms with Crippen LogP contribution in [-0.2, 0) is 10.0 Å². The second-order valence-corrected chi connectivity index (χ2v) is 6.82. The SMILES string of the molecule is C[C@@H](CNS(=O)(=O)c1cc(Cl)ccc1Cl)N(C)C. The van der Waals surface area contributed by atoms with Crippen molar-refractivity contribution in [1.29, 1.82) is 0 Å². The molecule has 1 aromatic rings. The Bertz CT molecular complexity index is 518. The van der Waals surface area contributed by atoms with Crippen molar-refractivity contribution in [3.8, 4) is 0 Å². The van der Waals surface area contributed by atoms with Gasteiger partial charge < -0.3 is 4.90 Å².